The van der Waals surface area contributed by atoms with Crippen molar-refractivity contribution in [3.63, 3.8) is 0 Å². The maximum atomic E-state index is 12.1. The summed E-state index contributed by atoms with van der Waals surface area (Å²) < 4.78 is 10.8. The summed E-state index contributed by atoms with van der Waals surface area (Å²) in [6.07, 6.45) is 1.19. The number of rotatable bonds is 8. The SMILES string of the molecule is COc1cccc(OCCNC(=O)CCc2cccc3ccccc23)c1. The molecule has 0 radical (unpaired) electrons. The number of nitrogens with one attached hydrogen (secondary N) is 1. The van der Waals surface area contributed by atoms with Gasteiger partial charge in [-0.2, -0.15) is 0 Å². The molecule has 1 amide bonds. The molecule has 0 bridgehead atoms. The quantitative estimate of drug-likeness (QED) is 0.626. The lowest BCUT2D eigenvalue weighted by atomic mass is 10.0. The maximum absolute atomic E-state index is 12.1. The van der Waals surface area contributed by atoms with Gasteiger partial charge in [0.25, 0.3) is 0 Å². The van der Waals surface area contributed by atoms with Crippen molar-refractivity contribution in [2.24, 2.45) is 0 Å². The lowest BCUT2D eigenvalue weighted by Crippen LogP contribution is -2.28. The zero-order valence-electron chi connectivity index (χ0n) is 14.9. The van der Waals surface area contributed by atoms with E-state index in [1.165, 1.54) is 16.3 Å². The molecule has 0 saturated carbocycles. The fourth-order valence-corrected chi connectivity index (χ4v) is 2.90. The number of fused-ring (bicyclic) bond motifs is 1. The minimum absolute atomic E-state index is 0.0344. The molecule has 3 rings (SSSR count). The van der Waals surface area contributed by atoms with Crippen LogP contribution in [0.1, 0.15) is 12.0 Å². The standard InChI is InChI=1S/C22H23NO3/c1-25-19-9-5-10-20(16-19)26-15-14-23-22(24)13-12-18-8-4-7-17-6-2-3-11-21(17)18/h2-11,16H,12-15H2,1H3,(H,23,24). The Kier molecular flexibility index (Phi) is 6.09. The summed E-state index contributed by atoms with van der Waals surface area (Å²) in [6.45, 7) is 0.902. The van der Waals surface area contributed by atoms with Crippen LogP contribution in [0.5, 0.6) is 11.5 Å². The molecule has 26 heavy (non-hydrogen) atoms. The van der Waals surface area contributed by atoms with Crippen LogP contribution in [0.4, 0.5) is 0 Å². The van der Waals surface area contributed by atoms with Crippen LogP contribution in [0, 0.1) is 0 Å². The van der Waals surface area contributed by atoms with E-state index in [1.807, 2.05) is 42.5 Å². The number of ether oxygens (including phenoxy) is 2. The monoisotopic (exact) mass is 349 g/mol. The predicted octanol–water partition coefficient (Wildman–Crippen LogP) is 3.98. The van der Waals surface area contributed by atoms with Crippen molar-refractivity contribution >= 4 is 16.7 Å². The first-order valence-electron chi connectivity index (χ1n) is 8.76. The van der Waals surface area contributed by atoms with Crippen LogP contribution in [0.3, 0.4) is 0 Å². The lowest BCUT2D eigenvalue weighted by Gasteiger charge is -2.09. The van der Waals surface area contributed by atoms with Crippen LogP contribution in [0.2, 0.25) is 0 Å². The van der Waals surface area contributed by atoms with Gasteiger partial charge in [-0.25, -0.2) is 0 Å². The van der Waals surface area contributed by atoms with E-state index in [9.17, 15) is 4.79 Å². The van der Waals surface area contributed by atoms with E-state index in [2.05, 4.69) is 29.6 Å². The van der Waals surface area contributed by atoms with E-state index in [0.29, 0.717) is 19.6 Å². The van der Waals surface area contributed by atoms with Crippen molar-refractivity contribution in [1.82, 2.24) is 5.32 Å². The summed E-state index contributed by atoms with van der Waals surface area (Å²) in [6, 6.07) is 21.9. The zero-order chi connectivity index (χ0) is 18.2. The first-order chi connectivity index (χ1) is 12.8. The topological polar surface area (TPSA) is 47.6 Å². The smallest absolute Gasteiger partial charge is 0.220 e. The fourth-order valence-electron chi connectivity index (χ4n) is 2.90. The molecule has 1 N–H and O–H groups in total. The zero-order valence-corrected chi connectivity index (χ0v) is 14.9. The average Bonchev–Trinajstić information content (AvgIpc) is 2.69. The Labute approximate surface area is 153 Å². The van der Waals surface area contributed by atoms with Crippen LogP contribution in [0.15, 0.2) is 66.7 Å². The van der Waals surface area contributed by atoms with E-state index < -0.39 is 0 Å². The summed E-state index contributed by atoms with van der Waals surface area (Å²) in [5.74, 6) is 1.52. The molecule has 0 spiro atoms. The van der Waals surface area contributed by atoms with Gasteiger partial charge in [0.05, 0.1) is 13.7 Å². The fraction of sp³-hybridized carbons (Fsp3) is 0.227. The third kappa shape index (κ3) is 4.76. The number of methoxy groups -OCH3 is 1. The summed E-state index contributed by atoms with van der Waals surface area (Å²) in [5.41, 5.74) is 1.20. The Morgan fingerprint density at radius 3 is 2.62 bits per heavy atom. The highest BCUT2D eigenvalue weighted by Crippen LogP contribution is 2.20. The van der Waals surface area contributed by atoms with Crippen LogP contribution < -0.4 is 14.8 Å². The Bertz CT molecular complexity index is 871. The number of hydrogen-bond donors (Lipinski definition) is 1. The Morgan fingerprint density at radius 1 is 0.962 bits per heavy atom. The van der Waals surface area contributed by atoms with Crippen LogP contribution >= 0.6 is 0 Å². The second kappa shape index (κ2) is 8.90. The van der Waals surface area contributed by atoms with Gasteiger partial charge in [-0.05, 0) is 34.9 Å². The predicted molar refractivity (Wildman–Crippen MR) is 104 cm³/mol. The van der Waals surface area contributed by atoms with E-state index in [4.69, 9.17) is 9.47 Å². The Balaban J connectivity index is 1.43. The molecule has 134 valence electrons. The second-order valence-corrected chi connectivity index (χ2v) is 6.02. The largest absolute Gasteiger partial charge is 0.497 e. The molecular formula is C22H23NO3. The highest BCUT2D eigenvalue weighted by atomic mass is 16.5. The molecule has 0 aliphatic rings. The second-order valence-electron chi connectivity index (χ2n) is 6.02. The summed E-state index contributed by atoms with van der Waals surface area (Å²) in [7, 11) is 1.62. The maximum Gasteiger partial charge on any atom is 0.220 e. The third-order valence-electron chi connectivity index (χ3n) is 4.24. The van der Waals surface area contributed by atoms with Gasteiger partial charge < -0.3 is 14.8 Å². The summed E-state index contributed by atoms with van der Waals surface area (Å²) >= 11 is 0. The highest BCUT2D eigenvalue weighted by Gasteiger charge is 2.05. The molecule has 0 aliphatic carbocycles. The molecule has 0 aliphatic heterocycles. The van der Waals surface area contributed by atoms with Gasteiger partial charge in [0.2, 0.25) is 5.91 Å². The number of amides is 1. The average molecular weight is 349 g/mol. The molecule has 0 fully saturated rings. The van der Waals surface area contributed by atoms with E-state index in [-0.39, 0.29) is 5.91 Å². The van der Waals surface area contributed by atoms with Crippen molar-refractivity contribution in [2.45, 2.75) is 12.8 Å². The summed E-state index contributed by atoms with van der Waals surface area (Å²) in [5, 5.41) is 5.32. The van der Waals surface area contributed by atoms with Gasteiger partial charge in [0.15, 0.2) is 0 Å². The molecule has 0 saturated heterocycles. The van der Waals surface area contributed by atoms with E-state index in [0.717, 1.165) is 17.9 Å². The number of carbonyl (C=O) groups excluding carboxylic acids is 1. The van der Waals surface area contributed by atoms with Gasteiger partial charge in [-0.1, -0.05) is 48.5 Å². The van der Waals surface area contributed by atoms with Crippen LogP contribution in [-0.2, 0) is 11.2 Å². The highest BCUT2D eigenvalue weighted by molar-refractivity contribution is 5.86. The number of carbonyl (C=O) groups is 1. The van der Waals surface area contributed by atoms with Gasteiger partial charge >= 0.3 is 0 Å². The summed E-state index contributed by atoms with van der Waals surface area (Å²) in [4.78, 5) is 12.1. The van der Waals surface area contributed by atoms with Gasteiger partial charge in [-0.15, -0.1) is 0 Å². The molecule has 0 aromatic heterocycles. The van der Waals surface area contributed by atoms with Crippen molar-refractivity contribution < 1.29 is 14.3 Å². The first-order valence-corrected chi connectivity index (χ1v) is 8.76. The van der Waals surface area contributed by atoms with Gasteiger partial charge in [0, 0.05) is 12.5 Å². The number of aryl methyl sites for hydroxylation is 1. The number of benzene rings is 3. The minimum atomic E-state index is 0.0344. The van der Waals surface area contributed by atoms with Crippen LogP contribution in [-0.4, -0.2) is 26.2 Å². The van der Waals surface area contributed by atoms with Crippen LogP contribution in [0.25, 0.3) is 10.8 Å². The molecular weight excluding hydrogens is 326 g/mol. The third-order valence-corrected chi connectivity index (χ3v) is 4.24. The van der Waals surface area contributed by atoms with Gasteiger partial charge in [0.1, 0.15) is 18.1 Å². The van der Waals surface area contributed by atoms with Crippen molar-refractivity contribution in [1.29, 1.82) is 0 Å². The number of hydrogen-bond acceptors (Lipinski definition) is 3. The molecule has 4 nitrogen and oxygen atoms in total. The molecule has 3 aromatic carbocycles. The van der Waals surface area contributed by atoms with E-state index >= 15 is 0 Å². The molecule has 0 atom stereocenters. The normalized spacial score (nSPS) is 10.5. The van der Waals surface area contributed by atoms with E-state index in [1.54, 1.807) is 7.11 Å². The lowest BCUT2D eigenvalue weighted by molar-refractivity contribution is -0.121. The minimum Gasteiger partial charge on any atom is -0.497 e. The molecule has 3 aromatic rings. The Morgan fingerprint density at radius 2 is 1.73 bits per heavy atom. The molecule has 0 heterocycles. The first kappa shape index (κ1) is 17.8. The van der Waals surface area contributed by atoms with Crippen molar-refractivity contribution in [3.8, 4) is 11.5 Å². The van der Waals surface area contributed by atoms with Crippen molar-refractivity contribution in [2.75, 3.05) is 20.3 Å². The van der Waals surface area contributed by atoms with Gasteiger partial charge in [-0.3, -0.25) is 4.79 Å². The molecule has 0 unspecified atom stereocenters. The Hall–Kier alpha value is -3.01. The van der Waals surface area contributed by atoms with Crippen molar-refractivity contribution in [3.05, 3.63) is 72.3 Å². The molecule has 4 heteroatoms.